The summed E-state index contributed by atoms with van der Waals surface area (Å²) in [5, 5.41) is 3.25. The molecule has 1 heterocycles. The van der Waals surface area contributed by atoms with Crippen LogP contribution < -0.4 is 5.32 Å². The fourth-order valence-electron chi connectivity index (χ4n) is 2.23. The van der Waals surface area contributed by atoms with Crippen molar-refractivity contribution in [3.05, 3.63) is 35.9 Å². The predicted molar refractivity (Wildman–Crippen MR) is 60.7 cm³/mol. The van der Waals surface area contributed by atoms with Gasteiger partial charge in [0.05, 0.1) is 0 Å². The normalized spacial score (nSPS) is 27.3. The maximum atomic E-state index is 14.5. The quantitative estimate of drug-likeness (QED) is 0.786. The molecule has 0 bridgehead atoms. The summed E-state index contributed by atoms with van der Waals surface area (Å²) in [5.74, 6) is 0. The van der Waals surface area contributed by atoms with Crippen LogP contribution in [0.5, 0.6) is 0 Å². The maximum absolute atomic E-state index is 14.5. The van der Waals surface area contributed by atoms with Crippen LogP contribution in [0.3, 0.4) is 0 Å². The van der Waals surface area contributed by atoms with Crippen molar-refractivity contribution in [3.63, 3.8) is 0 Å². The van der Waals surface area contributed by atoms with Crippen LogP contribution >= 0.6 is 0 Å². The van der Waals surface area contributed by atoms with Crippen molar-refractivity contribution in [2.24, 2.45) is 0 Å². The number of rotatable bonds is 2. The molecule has 0 aromatic heterocycles. The summed E-state index contributed by atoms with van der Waals surface area (Å²) in [6.45, 7) is 1.77. The average Bonchev–Trinajstić information content (AvgIpc) is 2.45. The van der Waals surface area contributed by atoms with Crippen LogP contribution in [0.15, 0.2) is 30.3 Å². The van der Waals surface area contributed by atoms with Crippen LogP contribution in [0.25, 0.3) is 0 Å². The molecule has 1 saturated heterocycles. The Balaban J connectivity index is 2.02. The fraction of sp³-hybridized carbons (Fsp3) is 0.538. The zero-order valence-corrected chi connectivity index (χ0v) is 9.01. The first kappa shape index (κ1) is 10.6. The molecular weight excluding hydrogens is 189 g/mol. The van der Waals surface area contributed by atoms with E-state index in [9.17, 15) is 4.39 Å². The van der Waals surface area contributed by atoms with Crippen molar-refractivity contribution < 1.29 is 4.39 Å². The standard InChI is InChI=1S/C13H18FN/c14-13(7-4-9-15-10-8-13)11-12-5-2-1-3-6-12/h1-3,5-6,15H,4,7-11H2. The smallest absolute Gasteiger partial charge is 0.116 e. The topological polar surface area (TPSA) is 12.0 Å². The molecule has 2 heteroatoms. The largest absolute Gasteiger partial charge is 0.317 e. The van der Waals surface area contributed by atoms with E-state index in [2.05, 4.69) is 5.32 Å². The monoisotopic (exact) mass is 207 g/mol. The highest BCUT2D eigenvalue weighted by atomic mass is 19.1. The van der Waals surface area contributed by atoms with E-state index < -0.39 is 5.67 Å². The van der Waals surface area contributed by atoms with Crippen LogP contribution in [-0.4, -0.2) is 18.8 Å². The summed E-state index contributed by atoms with van der Waals surface area (Å²) in [6.07, 6.45) is 2.84. The Bertz CT molecular complexity index is 289. The highest BCUT2D eigenvalue weighted by molar-refractivity contribution is 5.17. The summed E-state index contributed by atoms with van der Waals surface area (Å²) in [5.41, 5.74) is 0.118. The molecule has 0 spiro atoms. The van der Waals surface area contributed by atoms with Gasteiger partial charge in [-0.3, -0.25) is 0 Å². The van der Waals surface area contributed by atoms with Gasteiger partial charge < -0.3 is 5.32 Å². The Morgan fingerprint density at radius 3 is 2.73 bits per heavy atom. The lowest BCUT2D eigenvalue weighted by atomic mass is 9.89. The highest BCUT2D eigenvalue weighted by Gasteiger charge is 2.30. The third-order valence-corrected chi connectivity index (χ3v) is 3.09. The molecule has 0 aliphatic carbocycles. The van der Waals surface area contributed by atoms with Gasteiger partial charge in [0.15, 0.2) is 0 Å². The Labute approximate surface area is 90.7 Å². The van der Waals surface area contributed by atoms with Crippen molar-refractivity contribution in [2.45, 2.75) is 31.4 Å². The number of halogens is 1. The molecule has 1 aromatic carbocycles. The van der Waals surface area contributed by atoms with Crippen molar-refractivity contribution in [2.75, 3.05) is 13.1 Å². The number of nitrogens with one attached hydrogen (secondary N) is 1. The minimum Gasteiger partial charge on any atom is -0.317 e. The molecule has 1 unspecified atom stereocenters. The summed E-state index contributed by atoms with van der Waals surface area (Å²) >= 11 is 0. The van der Waals surface area contributed by atoms with Gasteiger partial charge in [-0.25, -0.2) is 4.39 Å². The second kappa shape index (κ2) is 4.75. The minimum absolute atomic E-state index is 0.565. The van der Waals surface area contributed by atoms with E-state index in [1.807, 2.05) is 30.3 Å². The maximum Gasteiger partial charge on any atom is 0.116 e. The second-order valence-electron chi connectivity index (χ2n) is 4.42. The Hall–Kier alpha value is -0.890. The minimum atomic E-state index is -0.995. The van der Waals surface area contributed by atoms with Crippen molar-refractivity contribution in [3.8, 4) is 0 Å². The molecule has 1 N–H and O–H groups in total. The van der Waals surface area contributed by atoms with Gasteiger partial charge in [0.1, 0.15) is 5.67 Å². The summed E-state index contributed by atoms with van der Waals surface area (Å²) in [7, 11) is 0. The first-order chi connectivity index (χ1) is 7.29. The molecule has 1 nitrogen and oxygen atoms in total. The number of benzene rings is 1. The van der Waals surface area contributed by atoms with Crippen LogP contribution in [0.2, 0.25) is 0 Å². The Morgan fingerprint density at radius 1 is 1.13 bits per heavy atom. The average molecular weight is 207 g/mol. The SMILES string of the molecule is FC1(Cc2ccccc2)CCCNCC1. The van der Waals surface area contributed by atoms with Crippen molar-refractivity contribution in [1.82, 2.24) is 5.32 Å². The molecule has 15 heavy (non-hydrogen) atoms. The molecule has 82 valence electrons. The van der Waals surface area contributed by atoms with Gasteiger partial charge in [0, 0.05) is 6.42 Å². The van der Waals surface area contributed by atoms with E-state index in [-0.39, 0.29) is 0 Å². The van der Waals surface area contributed by atoms with Gasteiger partial charge in [-0.05, 0) is 37.9 Å². The van der Waals surface area contributed by atoms with Gasteiger partial charge in [-0.15, -0.1) is 0 Å². The van der Waals surface area contributed by atoms with E-state index >= 15 is 0 Å². The van der Waals surface area contributed by atoms with Crippen LogP contribution in [-0.2, 0) is 6.42 Å². The van der Waals surface area contributed by atoms with Crippen molar-refractivity contribution in [1.29, 1.82) is 0 Å². The fourth-order valence-corrected chi connectivity index (χ4v) is 2.23. The van der Waals surface area contributed by atoms with Crippen LogP contribution in [0.4, 0.5) is 4.39 Å². The molecule has 0 radical (unpaired) electrons. The Kier molecular flexibility index (Phi) is 3.37. The molecule has 2 rings (SSSR count). The number of hydrogen-bond acceptors (Lipinski definition) is 1. The predicted octanol–water partition coefficient (Wildman–Crippen LogP) is 2.71. The Morgan fingerprint density at radius 2 is 1.93 bits per heavy atom. The second-order valence-corrected chi connectivity index (χ2v) is 4.42. The van der Waals surface area contributed by atoms with E-state index in [1.54, 1.807) is 0 Å². The molecule has 1 aliphatic heterocycles. The molecule has 1 fully saturated rings. The van der Waals surface area contributed by atoms with E-state index in [1.165, 1.54) is 0 Å². The highest BCUT2D eigenvalue weighted by Crippen LogP contribution is 2.28. The molecule has 1 atom stereocenters. The molecule has 0 amide bonds. The van der Waals surface area contributed by atoms with Crippen molar-refractivity contribution >= 4 is 0 Å². The molecule has 1 aromatic rings. The number of alkyl halides is 1. The van der Waals surface area contributed by atoms with Gasteiger partial charge in [0.25, 0.3) is 0 Å². The first-order valence-corrected chi connectivity index (χ1v) is 5.72. The lowest BCUT2D eigenvalue weighted by Crippen LogP contribution is -2.27. The third-order valence-electron chi connectivity index (χ3n) is 3.09. The first-order valence-electron chi connectivity index (χ1n) is 5.72. The molecule has 0 saturated carbocycles. The summed E-state index contributed by atoms with van der Waals surface area (Å²) in [4.78, 5) is 0. The molecule has 1 aliphatic rings. The van der Waals surface area contributed by atoms with Gasteiger partial charge >= 0.3 is 0 Å². The zero-order chi connectivity index (χ0) is 10.6. The van der Waals surface area contributed by atoms with E-state index in [0.717, 1.165) is 25.1 Å². The van der Waals surface area contributed by atoms with E-state index in [0.29, 0.717) is 19.3 Å². The number of hydrogen-bond donors (Lipinski definition) is 1. The van der Waals surface area contributed by atoms with Crippen LogP contribution in [0, 0.1) is 0 Å². The zero-order valence-electron chi connectivity index (χ0n) is 9.01. The van der Waals surface area contributed by atoms with E-state index in [4.69, 9.17) is 0 Å². The van der Waals surface area contributed by atoms with Crippen LogP contribution in [0.1, 0.15) is 24.8 Å². The van der Waals surface area contributed by atoms with Gasteiger partial charge in [0.2, 0.25) is 0 Å². The lowest BCUT2D eigenvalue weighted by Gasteiger charge is -2.23. The van der Waals surface area contributed by atoms with Gasteiger partial charge in [-0.1, -0.05) is 30.3 Å². The summed E-state index contributed by atoms with van der Waals surface area (Å²) in [6, 6.07) is 9.96. The molecular formula is C13H18FN. The third kappa shape index (κ3) is 3.03. The lowest BCUT2D eigenvalue weighted by molar-refractivity contribution is 0.144. The van der Waals surface area contributed by atoms with Gasteiger partial charge in [-0.2, -0.15) is 0 Å². The summed E-state index contributed by atoms with van der Waals surface area (Å²) < 4.78 is 14.5.